The van der Waals surface area contributed by atoms with Crippen LogP contribution in [0.5, 0.6) is 0 Å². The molecular formula is C14H19N5O. The van der Waals surface area contributed by atoms with Crippen molar-refractivity contribution in [2.45, 2.75) is 13.3 Å². The zero-order valence-electron chi connectivity index (χ0n) is 11.8. The average molecular weight is 273 g/mol. The highest BCUT2D eigenvalue weighted by atomic mass is 16.1. The second-order valence-electron chi connectivity index (χ2n) is 4.46. The van der Waals surface area contributed by atoms with E-state index in [0.29, 0.717) is 13.0 Å². The van der Waals surface area contributed by atoms with Crippen molar-refractivity contribution in [3.05, 3.63) is 30.6 Å². The molecule has 1 heterocycles. The molecule has 0 saturated heterocycles. The molecule has 0 radical (unpaired) electrons. The molecule has 0 aliphatic rings. The van der Waals surface area contributed by atoms with Crippen LogP contribution in [0.2, 0.25) is 0 Å². The average Bonchev–Trinajstić information content (AvgIpc) is 2.86. The number of nitrogens with zero attached hydrogens (tertiary/aromatic N) is 3. The highest BCUT2D eigenvalue weighted by molar-refractivity contribution is 5.94. The highest BCUT2D eigenvalue weighted by Crippen LogP contribution is 2.25. The SMILES string of the molecule is CCNCCC(=O)Nc1ccccc1-c1nncn1C. The molecule has 2 rings (SSSR count). The summed E-state index contributed by atoms with van der Waals surface area (Å²) in [6.07, 6.45) is 2.08. The minimum absolute atomic E-state index is 0.0134. The predicted octanol–water partition coefficient (Wildman–Crippen LogP) is 1.42. The normalized spacial score (nSPS) is 10.5. The van der Waals surface area contributed by atoms with Crippen LogP contribution in [0.1, 0.15) is 13.3 Å². The van der Waals surface area contributed by atoms with Crippen LogP contribution >= 0.6 is 0 Å². The lowest BCUT2D eigenvalue weighted by molar-refractivity contribution is -0.116. The third kappa shape index (κ3) is 3.42. The van der Waals surface area contributed by atoms with Crippen molar-refractivity contribution in [1.29, 1.82) is 0 Å². The van der Waals surface area contributed by atoms with Crippen LogP contribution in [0.15, 0.2) is 30.6 Å². The first-order valence-corrected chi connectivity index (χ1v) is 6.66. The van der Waals surface area contributed by atoms with Gasteiger partial charge in [-0.1, -0.05) is 19.1 Å². The summed E-state index contributed by atoms with van der Waals surface area (Å²) in [7, 11) is 1.87. The van der Waals surface area contributed by atoms with Gasteiger partial charge in [0.1, 0.15) is 6.33 Å². The third-order valence-corrected chi connectivity index (χ3v) is 2.93. The zero-order chi connectivity index (χ0) is 14.4. The molecule has 0 bridgehead atoms. The van der Waals surface area contributed by atoms with Gasteiger partial charge in [-0.3, -0.25) is 4.79 Å². The van der Waals surface area contributed by atoms with E-state index in [1.165, 1.54) is 0 Å². The predicted molar refractivity (Wildman–Crippen MR) is 78.2 cm³/mol. The third-order valence-electron chi connectivity index (χ3n) is 2.93. The maximum atomic E-state index is 11.9. The number of anilines is 1. The van der Waals surface area contributed by atoms with Crippen LogP contribution in [-0.2, 0) is 11.8 Å². The molecule has 1 aromatic heterocycles. The number of carbonyl (C=O) groups is 1. The Balaban J connectivity index is 2.13. The number of para-hydroxylation sites is 1. The van der Waals surface area contributed by atoms with Gasteiger partial charge < -0.3 is 15.2 Å². The lowest BCUT2D eigenvalue weighted by Gasteiger charge is -2.10. The van der Waals surface area contributed by atoms with Crippen LogP contribution in [-0.4, -0.2) is 33.8 Å². The Morgan fingerprint density at radius 3 is 2.85 bits per heavy atom. The van der Waals surface area contributed by atoms with E-state index in [1.807, 2.05) is 42.8 Å². The molecule has 2 N–H and O–H groups in total. The molecule has 0 unspecified atom stereocenters. The highest BCUT2D eigenvalue weighted by Gasteiger charge is 2.11. The van der Waals surface area contributed by atoms with Crippen molar-refractivity contribution in [2.75, 3.05) is 18.4 Å². The van der Waals surface area contributed by atoms with E-state index in [2.05, 4.69) is 20.8 Å². The van der Waals surface area contributed by atoms with Crippen LogP contribution in [0.4, 0.5) is 5.69 Å². The molecule has 2 aromatic rings. The molecule has 0 atom stereocenters. The molecule has 0 spiro atoms. The lowest BCUT2D eigenvalue weighted by Crippen LogP contribution is -2.21. The van der Waals surface area contributed by atoms with Crippen LogP contribution in [0.25, 0.3) is 11.4 Å². The summed E-state index contributed by atoms with van der Waals surface area (Å²) in [6, 6.07) is 7.59. The van der Waals surface area contributed by atoms with Crippen molar-refractivity contribution in [2.24, 2.45) is 7.05 Å². The number of amides is 1. The molecule has 0 fully saturated rings. The second-order valence-corrected chi connectivity index (χ2v) is 4.46. The van der Waals surface area contributed by atoms with Crippen molar-refractivity contribution < 1.29 is 4.79 Å². The zero-order valence-corrected chi connectivity index (χ0v) is 11.8. The quantitative estimate of drug-likeness (QED) is 0.781. The van der Waals surface area contributed by atoms with E-state index in [0.717, 1.165) is 23.6 Å². The Morgan fingerprint density at radius 2 is 2.15 bits per heavy atom. The smallest absolute Gasteiger partial charge is 0.225 e. The first-order chi connectivity index (χ1) is 9.72. The lowest BCUT2D eigenvalue weighted by atomic mass is 10.1. The van der Waals surface area contributed by atoms with Crippen molar-refractivity contribution in [1.82, 2.24) is 20.1 Å². The van der Waals surface area contributed by atoms with Gasteiger partial charge in [0, 0.05) is 25.6 Å². The topological polar surface area (TPSA) is 71.8 Å². The Morgan fingerprint density at radius 1 is 1.35 bits per heavy atom. The minimum atomic E-state index is -0.0134. The molecule has 106 valence electrons. The van der Waals surface area contributed by atoms with Gasteiger partial charge in [-0.25, -0.2) is 0 Å². The fourth-order valence-corrected chi connectivity index (χ4v) is 1.91. The monoisotopic (exact) mass is 273 g/mol. The summed E-state index contributed by atoms with van der Waals surface area (Å²) in [5.41, 5.74) is 1.62. The number of benzene rings is 1. The Hall–Kier alpha value is -2.21. The molecule has 0 aliphatic carbocycles. The van der Waals surface area contributed by atoms with E-state index >= 15 is 0 Å². The van der Waals surface area contributed by atoms with Gasteiger partial charge in [0.25, 0.3) is 0 Å². The summed E-state index contributed by atoms with van der Waals surface area (Å²) in [5.74, 6) is 0.716. The molecule has 1 aromatic carbocycles. The summed E-state index contributed by atoms with van der Waals surface area (Å²) in [5, 5.41) is 14.0. The van der Waals surface area contributed by atoms with E-state index in [9.17, 15) is 4.79 Å². The molecular weight excluding hydrogens is 254 g/mol. The molecule has 0 aliphatic heterocycles. The van der Waals surface area contributed by atoms with Crippen molar-refractivity contribution >= 4 is 11.6 Å². The number of aromatic nitrogens is 3. The molecule has 6 heteroatoms. The summed E-state index contributed by atoms with van der Waals surface area (Å²) in [6.45, 7) is 3.55. The van der Waals surface area contributed by atoms with Crippen LogP contribution in [0, 0.1) is 0 Å². The van der Waals surface area contributed by atoms with Gasteiger partial charge in [0.05, 0.1) is 5.69 Å². The minimum Gasteiger partial charge on any atom is -0.325 e. The van der Waals surface area contributed by atoms with Crippen LogP contribution < -0.4 is 10.6 Å². The largest absolute Gasteiger partial charge is 0.325 e. The van der Waals surface area contributed by atoms with Crippen LogP contribution in [0.3, 0.4) is 0 Å². The summed E-state index contributed by atoms with van der Waals surface area (Å²) >= 11 is 0. The Kier molecular flexibility index (Phi) is 4.84. The van der Waals surface area contributed by atoms with Gasteiger partial charge in [0.2, 0.25) is 5.91 Å². The standard InChI is InChI=1S/C14H19N5O/c1-3-15-9-8-13(20)17-12-7-5-4-6-11(12)14-18-16-10-19(14)2/h4-7,10,15H,3,8-9H2,1-2H3,(H,17,20). The number of carbonyl (C=O) groups excluding carboxylic acids is 1. The van der Waals surface area contributed by atoms with E-state index in [4.69, 9.17) is 0 Å². The Labute approximate surface area is 118 Å². The van der Waals surface area contributed by atoms with E-state index in [1.54, 1.807) is 6.33 Å². The summed E-state index contributed by atoms with van der Waals surface area (Å²) in [4.78, 5) is 11.9. The molecule has 20 heavy (non-hydrogen) atoms. The van der Waals surface area contributed by atoms with Crippen molar-refractivity contribution in [3.8, 4) is 11.4 Å². The first kappa shape index (κ1) is 14.2. The van der Waals surface area contributed by atoms with Gasteiger partial charge in [-0.15, -0.1) is 10.2 Å². The second kappa shape index (κ2) is 6.81. The fourth-order valence-electron chi connectivity index (χ4n) is 1.91. The van der Waals surface area contributed by atoms with Gasteiger partial charge in [0.15, 0.2) is 5.82 Å². The maximum Gasteiger partial charge on any atom is 0.225 e. The fraction of sp³-hybridized carbons (Fsp3) is 0.357. The van der Waals surface area contributed by atoms with Gasteiger partial charge >= 0.3 is 0 Å². The van der Waals surface area contributed by atoms with E-state index < -0.39 is 0 Å². The number of nitrogens with one attached hydrogen (secondary N) is 2. The summed E-state index contributed by atoms with van der Waals surface area (Å²) < 4.78 is 1.82. The number of rotatable bonds is 6. The van der Waals surface area contributed by atoms with Gasteiger partial charge in [-0.05, 0) is 18.7 Å². The van der Waals surface area contributed by atoms with Gasteiger partial charge in [-0.2, -0.15) is 0 Å². The molecule has 1 amide bonds. The van der Waals surface area contributed by atoms with E-state index in [-0.39, 0.29) is 5.91 Å². The number of aryl methyl sites for hydroxylation is 1. The Bertz CT molecular complexity index is 578. The number of hydrogen-bond donors (Lipinski definition) is 2. The maximum absolute atomic E-state index is 11.9. The van der Waals surface area contributed by atoms with Crippen molar-refractivity contribution in [3.63, 3.8) is 0 Å². The number of hydrogen-bond acceptors (Lipinski definition) is 4. The first-order valence-electron chi connectivity index (χ1n) is 6.66. The molecule has 6 nitrogen and oxygen atoms in total. The molecule has 0 saturated carbocycles.